The third kappa shape index (κ3) is 5.41. The molecule has 2 aromatic rings. The standard InChI is InChI=1S/C17H19Cl2N3O/c1-2-3-4-9-20-16-8-5-12(11-21-16)17(23)22-13-6-7-14(18)15(19)10-13/h5-8,10-11H,2-4,9H2,1H3,(H,20,21)(H,22,23). The van der Waals surface area contributed by atoms with Crippen LogP contribution in [0.1, 0.15) is 36.5 Å². The minimum atomic E-state index is -0.242. The number of hydrogen-bond acceptors (Lipinski definition) is 3. The van der Waals surface area contributed by atoms with Crippen LogP contribution in [-0.2, 0) is 0 Å². The maximum Gasteiger partial charge on any atom is 0.257 e. The van der Waals surface area contributed by atoms with Crippen LogP contribution >= 0.6 is 23.2 Å². The summed E-state index contributed by atoms with van der Waals surface area (Å²) in [5.41, 5.74) is 1.07. The Kier molecular flexibility index (Phi) is 6.68. The van der Waals surface area contributed by atoms with Crippen LogP contribution in [0.2, 0.25) is 10.0 Å². The lowest BCUT2D eigenvalue weighted by Gasteiger charge is -2.08. The summed E-state index contributed by atoms with van der Waals surface area (Å²) in [6.07, 6.45) is 5.03. The van der Waals surface area contributed by atoms with Gasteiger partial charge in [0.15, 0.2) is 0 Å². The summed E-state index contributed by atoms with van der Waals surface area (Å²) in [5.74, 6) is 0.528. The van der Waals surface area contributed by atoms with Crippen LogP contribution < -0.4 is 10.6 Å². The SMILES string of the molecule is CCCCCNc1ccc(C(=O)Nc2ccc(Cl)c(Cl)c2)cn1. The van der Waals surface area contributed by atoms with Gasteiger partial charge in [-0.3, -0.25) is 4.79 Å². The van der Waals surface area contributed by atoms with E-state index in [1.54, 1.807) is 36.5 Å². The Bertz CT molecular complexity index is 659. The molecule has 2 rings (SSSR count). The number of amides is 1. The second kappa shape index (κ2) is 8.75. The van der Waals surface area contributed by atoms with Gasteiger partial charge in [0.1, 0.15) is 5.82 Å². The number of halogens is 2. The zero-order chi connectivity index (χ0) is 16.7. The number of unbranched alkanes of at least 4 members (excludes halogenated alkanes) is 2. The molecule has 0 aliphatic rings. The van der Waals surface area contributed by atoms with Crippen molar-refractivity contribution in [2.24, 2.45) is 0 Å². The third-order valence-corrected chi connectivity index (χ3v) is 4.03. The molecule has 6 heteroatoms. The molecule has 122 valence electrons. The van der Waals surface area contributed by atoms with Crippen LogP contribution in [-0.4, -0.2) is 17.4 Å². The maximum atomic E-state index is 12.2. The molecule has 0 bridgehead atoms. The monoisotopic (exact) mass is 351 g/mol. The summed E-state index contributed by atoms with van der Waals surface area (Å²) >= 11 is 11.8. The van der Waals surface area contributed by atoms with Crippen LogP contribution in [0.15, 0.2) is 36.5 Å². The fourth-order valence-electron chi connectivity index (χ4n) is 2.00. The van der Waals surface area contributed by atoms with Gasteiger partial charge in [-0.25, -0.2) is 4.98 Å². The van der Waals surface area contributed by atoms with Gasteiger partial charge in [0.25, 0.3) is 5.91 Å². The largest absolute Gasteiger partial charge is 0.370 e. The average Bonchev–Trinajstić information content (AvgIpc) is 2.55. The van der Waals surface area contributed by atoms with Gasteiger partial charge in [-0.15, -0.1) is 0 Å². The molecule has 1 aromatic carbocycles. The van der Waals surface area contributed by atoms with Crippen molar-refractivity contribution in [1.29, 1.82) is 0 Å². The maximum absolute atomic E-state index is 12.2. The summed E-state index contributed by atoms with van der Waals surface area (Å²) in [4.78, 5) is 16.4. The molecular weight excluding hydrogens is 333 g/mol. The number of aromatic nitrogens is 1. The van der Waals surface area contributed by atoms with Gasteiger partial charge < -0.3 is 10.6 Å². The van der Waals surface area contributed by atoms with Crippen molar-refractivity contribution < 1.29 is 4.79 Å². The molecule has 23 heavy (non-hydrogen) atoms. The van der Waals surface area contributed by atoms with E-state index < -0.39 is 0 Å². The number of rotatable bonds is 7. The van der Waals surface area contributed by atoms with E-state index in [0.29, 0.717) is 21.3 Å². The summed E-state index contributed by atoms with van der Waals surface area (Å²) < 4.78 is 0. The number of benzene rings is 1. The van der Waals surface area contributed by atoms with Crippen molar-refractivity contribution >= 4 is 40.6 Å². The highest BCUT2D eigenvalue weighted by Gasteiger charge is 2.08. The highest BCUT2D eigenvalue weighted by atomic mass is 35.5. The Labute approximate surface area is 146 Å². The zero-order valence-electron chi connectivity index (χ0n) is 12.9. The second-order valence-electron chi connectivity index (χ2n) is 5.15. The predicted molar refractivity (Wildman–Crippen MR) is 96.7 cm³/mol. The lowest BCUT2D eigenvalue weighted by Crippen LogP contribution is -2.12. The molecule has 0 saturated heterocycles. The van der Waals surface area contributed by atoms with Gasteiger partial charge >= 0.3 is 0 Å². The van der Waals surface area contributed by atoms with Gasteiger partial charge in [0, 0.05) is 18.4 Å². The minimum absolute atomic E-state index is 0.242. The van der Waals surface area contributed by atoms with E-state index in [2.05, 4.69) is 22.5 Å². The van der Waals surface area contributed by atoms with Gasteiger partial charge in [-0.05, 0) is 36.8 Å². The topological polar surface area (TPSA) is 54.0 Å². The highest BCUT2D eigenvalue weighted by Crippen LogP contribution is 2.25. The van der Waals surface area contributed by atoms with Crippen molar-refractivity contribution in [2.75, 3.05) is 17.2 Å². The molecule has 4 nitrogen and oxygen atoms in total. The van der Waals surface area contributed by atoms with E-state index in [4.69, 9.17) is 23.2 Å². The first kappa shape index (κ1) is 17.6. The van der Waals surface area contributed by atoms with Crippen LogP contribution in [0.5, 0.6) is 0 Å². The number of pyridine rings is 1. The average molecular weight is 352 g/mol. The summed E-state index contributed by atoms with van der Waals surface area (Å²) in [5, 5.41) is 6.84. The van der Waals surface area contributed by atoms with Crippen molar-refractivity contribution in [3.63, 3.8) is 0 Å². The third-order valence-electron chi connectivity index (χ3n) is 3.29. The zero-order valence-corrected chi connectivity index (χ0v) is 14.4. The molecule has 0 unspecified atom stereocenters. The number of carbonyl (C=O) groups is 1. The van der Waals surface area contributed by atoms with Crippen molar-refractivity contribution in [2.45, 2.75) is 26.2 Å². The number of hydrogen-bond donors (Lipinski definition) is 2. The first-order valence-corrected chi connectivity index (χ1v) is 8.32. The lowest BCUT2D eigenvalue weighted by atomic mass is 10.2. The fraction of sp³-hybridized carbons (Fsp3) is 0.294. The summed E-state index contributed by atoms with van der Waals surface area (Å²) in [6, 6.07) is 8.49. The summed E-state index contributed by atoms with van der Waals surface area (Å²) in [7, 11) is 0. The minimum Gasteiger partial charge on any atom is -0.370 e. The smallest absolute Gasteiger partial charge is 0.257 e. The molecule has 1 aromatic heterocycles. The lowest BCUT2D eigenvalue weighted by molar-refractivity contribution is 0.102. The van der Waals surface area contributed by atoms with Crippen molar-refractivity contribution in [1.82, 2.24) is 4.98 Å². The molecule has 1 amide bonds. The van der Waals surface area contributed by atoms with E-state index in [0.717, 1.165) is 18.8 Å². The Morgan fingerprint density at radius 3 is 2.61 bits per heavy atom. The molecule has 0 aliphatic heterocycles. The molecule has 0 atom stereocenters. The van der Waals surface area contributed by atoms with Crippen molar-refractivity contribution in [3.8, 4) is 0 Å². The molecule has 0 radical (unpaired) electrons. The quantitative estimate of drug-likeness (QED) is 0.670. The Hall–Kier alpha value is -1.78. The Balaban J connectivity index is 1.93. The molecular formula is C17H19Cl2N3O. The fourth-order valence-corrected chi connectivity index (χ4v) is 2.30. The predicted octanol–water partition coefficient (Wildman–Crippen LogP) is 5.24. The normalized spacial score (nSPS) is 10.4. The van der Waals surface area contributed by atoms with Crippen LogP contribution in [0.25, 0.3) is 0 Å². The molecule has 0 saturated carbocycles. The molecule has 0 aliphatic carbocycles. The molecule has 0 spiro atoms. The van der Waals surface area contributed by atoms with E-state index in [1.165, 1.54) is 12.8 Å². The number of nitrogens with zero attached hydrogens (tertiary/aromatic N) is 1. The van der Waals surface area contributed by atoms with Gasteiger partial charge in [0.2, 0.25) is 0 Å². The van der Waals surface area contributed by atoms with E-state index in [9.17, 15) is 4.79 Å². The Morgan fingerprint density at radius 2 is 1.96 bits per heavy atom. The first-order chi connectivity index (χ1) is 11.1. The van der Waals surface area contributed by atoms with E-state index in [1.807, 2.05) is 0 Å². The number of nitrogens with one attached hydrogen (secondary N) is 2. The van der Waals surface area contributed by atoms with Crippen LogP contribution in [0.3, 0.4) is 0 Å². The molecule has 2 N–H and O–H groups in total. The van der Waals surface area contributed by atoms with Crippen LogP contribution in [0.4, 0.5) is 11.5 Å². The second-order valence-corrected chi connectivity index (χ2v) is 5.96. The molecule has 1 heterocycles. The van der Waals surface area contributed by atoms with E-state index in [-0.39, 0.29) is 5.91 Å². The van der Waals surface area contributed by atoms with Gasteiger partial charge in [-0.2, -0.15) is 0 Å². The van der Waals surface area contributed by atoms with Crippen molar-refractivity contribution in [3.05, 3.63) is 52.1 Å². The summed E-state index contributed by atoms with van der Waals surface area (Å²) in [6.45, 7) is 3.05. The first-order valence-electron chi connectivity index (χ1n) is 7.56. The Morgan fingerprint density at radius 1 is 1.13 bits per heavy atom. The van der Waals surface area contributed by atoms with E-state index >= 15 is 0 Å². The van der Waals surface area contributed by atoms with Crippen LogP contribution in [0, 0.1) is 0 Å². The van der Waals surface area contributed by atoms with Gasteiger partial charge in [0.05, 0.1) is 15.6 Å². The molecule has 0 fully saturated rings. The number of carbonyl (C=O) groups excluding carboxylic acids is 1. The number of anilines is 2. The highest BCUT2D eigenvalue weighted by molar-refractivity contribution is 6.42. The van der Waals surface area contributed by atoms with Gasteiger partial charge in [-0.1, -0.05) is 43.0 Å².